The number of anilines is 1. The van der Waals surface area contributed by atoms with E-state index < -0.39 is 0 Å². The SMILES string of the molecule is Cc1ccc(C)c(-n2c(COc3ccc(Cl)cc3Cl)nnc2SCC(=O)Nc2nc(-c3ccccc3)cs2)c1. The number of ether oxygens (including phenoxy) is 1. The molecule has 5 rings (SSSR count). The maximum Gasteiger partial charge on any atom is 0.236 e. The van der Waals surface area contributed by atoms with E-state index in [1.165, 1.54) is 23.1 Å². The molecule has 198 valence electrons. The molecule has 39 heavy (non-hydrogen) atoms. The third-order valence-electron chi connectivity index (χ3n) is 5.71. The van der Waals surface area contributed by atoms with Crippen LogP contribution < -0.4 is 10.1 Å². The highest BCUT2D eigenvalue weighted by atomic mass is 35.5. The van der Waals surface area contributed by atoms with Gasteiger partial charge < -0.3 is 10.1 Å². The van der Waals surface area contributed by atoms with Crippen molar-refractivity contribution < 1.29 is 9.53 Å². The van der Waals surface area contributed by atoms with Crippen molar-refractivity contribution >= 4 is 57.3 Å². The molecule has 2 heterocycles. The third-order valence-corrected chi connectivity index (χ3v) is 7.93. The Kier molecular flexibility index (Phi) is 8.52. The van der Waals surface area contributed by atoms with E-state index >= 15 is 0 Å². The van der Waals surface area contributed by atoms with Crippen LogP contribution in [0, 0.1) is 13.8 Å². The molecule has 0 saturated carbocycles. The molecule has 0 aliphatic rings. The largest absolute Gasteiger partial charge is 0.484 e. The molecule has 11 heteroatoms. The maximum atomic E-state index is 12.8. The van der Waals surface area contributed by atoms with E-state index in [9.17, 15) is 4.79 Å². The highest BCUT2D eigenvalue weighted by molar-refractivity contribution is 7.99. The molecule has 3 aromatic carbocycles. The fourth-order valence-electron chi connectivity index (χ4n) is 3.78. The monoisotopic (exact) mass is 595 g/mol. The Morgan fingerprint density at radius 1 is 1.05 bits per heavy atom. The fourth-order valence-corrected chi connectivity index (χ4v) is 5.74. The lowest BCUT2D eigenvalue weighted by molar-refractivity contribution is -0.113. The Morgan fingerprint density at radius 3 is 2.67 bits per heavy atom. The van der Waals surface area contributed by atoms with Gasteiger partial charge in [-0.15, -0.1) is 21.5 Å². The number of amides is 1. The standard InChI is InChI=1S/C28H23Cl2N5O2S2/c1-17-8-9-18(2)23(12-17)35-25(14-37-24-11-10-20(29)13-21(24)30)33-34-28(35)39-16-26(36)32-27-31-22(15-38-27)19-6-4-3-5-7-19/h3-13,15H,14,16H2,1-2H3,(H,31,32,36). The summed E-state index contributed by atoms with van der Waals surface area (Å²) in [7, 11) is 0. The van der Waals surface area contributed by atoms with Gasteiger partial charge in [-0.1, -0.05) is 77.4 Å². The Morgan fingerprint density at radius 2 is 1.87 bits per heavy atom. The van der Waals surface area contributed by atoms with Crippen LogP contribution in [-0.4, -0.2) is 31.4 Å². The Bertz CT molecular complexity index is 1620. The minimum Gasteiger partial charge on any atom is -0.484 e. The normalized spacial score (nSPS) is 11.0. The number of rotatable bonds is 9. The van der Waals surface area contributed by atoms with Crippen molar-refractivity contribution in [1.82, 2.24) is 19.7 Å². The minimum atomic E-state index is -0.185. The van der Waals surface area contributed by atoms with E-state index in [-0.39, 0.29) is 18.3 Å². The average molecular weight is 597 g/mol. The van der Waals surface area contributed by atoms with Crippen molar-refractivity contribution in [1.29, 1.82) is 0 Å². The van der Waals surface area contributed by atoms with E-state index in [4.69, 9.17) is 27.9 Å². The van der Waals surface area contributed by atoms with Crippen molar-refractivity contribution in [3.8, 4) is 22.7 Å². The summed E-state index contributed by atoms with van der Waals surface area (Å²) in [5.41, 5.74) is 4.86. The first-order valence-corrected chi connectivity index (χ1v) is 14.5. The van der Waals surface area contributed by atoms with Gasteiger partial charge in [-0.25, -0.2) is 4.98 Å². The van der Waals surface area contributed by atoms with Crippen LogP contribution in [0.4, 0.5) is 5.13 Å². The third kappa shape index (κ3) is 6.62. The number of aryl methyl sites for hydroxylation is 2. The van der Waals surface area contributed by atoms with Gasteiger partial charge in [-0.05, 0) is 49.2 Å². The van der Waals surface area contributed by atoms with Gasteiger partial charge in [0.15, 0.2) is 16.1 Å². The van der Waals surface area contributed by atoms with Crippen LogP contribution >= 0.6 is 46.3 Å². The second-order valence-electron chi connectivity index (χ2n) is 8.63. The van der Waals surface area contributed by atoms with Crippen LogP contribution in [0.3, 0.4) is 0 Å². The first kappa shape index (κ1) is 27.2. The molecule has 1 amide bonds. The van der Waals surface area contributed by atoms with Crippen LogP contribution in [0.25, 0.3) is 16.9 Å². The number of nitrogens with zero attached hydrogens (tertiary/aromatic N) is 4. The van der Waals surface area contributed by atoms with Gasteiger partial charge in [-0.2, -0.15) is 0 Å². The first-order chi connectivity index (χ1) is 18.9. The number of halogens is 2. The quantitative estimate of drug-likeness (QED) is 0.176. The molecule has 0 spiro atoms. The summed E-state index contributed by atoms with van der Waals surface area (Å²) in [6.45, 7) is 4.16. The van der Waals surface area contributed by atoms with Gasteiger partial charge in [-0.3, -0.25) is 9.36 Å². The molecule has 1 N–H and O–H groups in total. The van der Waals surface area contributed by atoms with Crippen LogP contribution in [0.1, 0.15) is 17.0 Å². The van der Waals surface area contributed by atoms with Crippen LogP contribution in [-0.2, 0) is 11.4 Å². The molecule has 0 aliphatic carbocycles. The van der Waals surface area contributed by atoms with E-state index in [0.29, 0.717) is 31.9 Å². The number of carbonyl (C=O) groups excluding carboxylic acids is 1. The van der Waals surface area contributed by atoms with Crippen molar-refractivity contribution in [2.24, 2.45) is 0 Å². The van der Waals surface area contributed by atoms with Gasteiger partial charge in [0, 0.05) is 16.0 Å². The van der Waals surface area contributed by atoms with Crippen LogP contribution in [0.2, 0.25) is 10.0 Å². The molecule has 0 fully saturated rings. The number of aromatic nitrogens is 4. The number of thiazole rings is 1. The predicted molar refractivity (Wildman–Crippen MR) is 159 cm³/mol. The predicted octanol–water partition coefficient (Wildman–Crippen LogP) is 7.62. The molecule has 7 nitrogen and oxygen atoms in total. The second-order valence-corrected chi connectivity index (χ2v) is 11.3. The maximum absolute atomic E-state index is 12.8. The summed E-state index contributed by atoms with van der Waals surface area (Å²) >= 11 is 15.0. The molecule has 0 saturated heterocycles. The Hall–Kier alpha value is -3.37. The molecule has 2 aromatic heterocycles. The van der Waals surface area contributed by atoms with Gasteiger partial charge >= 0.3 is 0 Å². The summed E-state index contributed by atoms with van der Waals surface area (Å²) in [5, 5.41) is 15.6. The number of carbonyl (C=O) groups is 1. The second kappa shape index (κ2) is 12.2. The summed E-state index contributed by atoms with van der Waals surface area (Å²) in [5.74, 6) is 1.01. The zero-order valence-electron chi connectivity index (χ0n) is 21.0. The lowest BCUT2D eigenvalue weighted by atomic mass is 10.1. The summed E-state index contributed by atoms with van der Waals surface area (Å²) in [6.07, 6.45) is 0. The molecular weight excluding hydrogens is 573 g/mol. The summed E-state index contributed by atoms with van der Waals surface area (Å²) < 4.78 is 7.88. The highest BCUT2D eigenvalue weighted by Gasteiger charge is 2.19. The number of benzene rings is 3. The van der Waals surface area contributed by atoms with E-state index in [1.54, 1.807) is 18.2 Å². The zero-order chi connectivity index (χ0) is 27.4. The lowest BCUT2D eigenvalue weighted by Gasteiger charge is -2.14. The van der Waals surface area contributed by atoms with Gasteiger partial charge in [0.25, 0.3) is 0 Å². The zero-order valence-corrected chi connectivity index (χ0v) is 24.2. The average Bonchev–Trinajstić information content (AvgIpc) is 3.56. The van der Waals surface area contributed by atoms with Crippen LogP contribution in [0.15, 0.2) is 77.3 Å². The number of nitrogens with one attached hydrogen (secondary N) is 1. The number of thioether (sulfide) groups is 1. The smallest absolute Gasteiger partial charge is 0.236 e. The van der Waals surface area contributed by atoms with E-state index in [0.717, 1.165) is 28.1 Å². The van der Waals surface area contributed by atoms with Gasteiger partial charge in [0.05, 0.1) is 22.2 Å². The topological polar surface area (TPSA) is 81.9 Å². The molecule has 0 atom stereocenters. The first-order valence-electron chi connectivity index (χ1n) is 11.9. The van der Waals surface area contributed by atoms with E-state index in [1.807, 2.05) is 66.3 Å². The molecule has 0 radical (unpaired) electrons. The van der Waals surface area contributed by atoms with Gasteiger partial charge in [0.2, 0.25) is 5.91 Å². The Labute approximate surface area is 244 Å². The summed E-state index contributed by atoms with van der Waals surface area (Å²) in [6, 6.07) is 21.0. The molecule has 0 aliphatic heterocycles. The van der Waals surface area contributed by atoms with Crippen LogP contribution in [0.5, 0.6) is 5.75 Å². The number of hydrogen-bond donors (Lipinski definition) is 1. The highest BCUT2D eigenvalue weighted by Crippen LogP contribution is 2.30. The van der Waals surface area contributed by atoms with Crippen molar-refractivity contribution in [2.75, 3.05) is 11.1 Å². The molecule has 0 bridgehead atoms. The van der Waals surface area contributed by atoms with Crippen molar-refractivity contribution in [3.05, 3.63) is 99.1 Å². The Balaban J connectivity index is 1.33. The van der Waals surface area contributed by atoms with E-state index in [2.05, 4.69) is 26.6 Å². The van der Waals surface area contributed by atoms with Crippen molar-refractivity contribution in [2.45, 2.75) is 25.6 Å². The number of hydrogen-bond acceptors (Lipinski definition) is 7. The molecular formula is C28H23Cl2N5O2S2. The fraction of sp³-hybridized carbons (Fsp3) is 0.143. The lowest BCUT2D eigenvalue weighted by Crippen LogP contribution is -2.15. The minimum absolute atomic E-state index is 0.121. The molecule has 0 unspecified atom stereocenters. The molecule has 5 aromatic rings. The summed E-state index contributed by atoms with van der Waals surface area (Å²) in [4.78, 5) is 17.4. The van der Waals surface area contributed by atoms with Crippen molar-refractivity contribution in [3.63, 3.8) is 0 Å². The van der Waals surface area contributed by atoms with Gasteiger partial charge in [0.1, 0.15) is 12.4 Å².